The molecule has 0 saturated heterocycles. The van der Waals surface area contributed by atoms with Crippen molar-refractivity contribution < 1.29 is 0 Å². The minimum atomic E-state index is 0.311. The fourth-order valence-electron chi connectivity index (χ4n) is 2.57. The molecular formula is C18H21N3. The number of fused-ring (bicyclic) bond motifs is 1. The molecule has 0 saturated carbocycles. The van der Waals surface area contributed by atoms with E-state index >= 15 is 0 Å². The predicted molar refractivity (Wildman–Crippen MR) is 87.1 cm³/mol. The molecule has 0 aliphatic heterocycles. The van der Waals surface area contributed by atoms with Crippen LogP contribution in [0, 0.1) is 6.92 Å². The van der Waals surface area contributed by atoms with Gasteiger partial charge in [0.15, 0.2) is 0 Å². The van der Waals surface area contributed by atoms with Crippen molar-refractivity contribution in [2.75, 3.05) is 0 Å². The molecule has 0 radical (unpaired) electrons. The second kappa shape index (κ2) is 5.70. The van der Waals surface area contributed by atoms with E-state index in [4.69, 9.17) is 4.98 Å². The lowest BCUT2D eigenvalue weighted by Crippen LogP contribution is -2.20. The summed E-state index contributed by atoms with van der Waals surface area (Å²) in [6.45, 7) is 5.06. The fourth-order valence-corrected chi connectivity index (χ4v) is 2.57. The number of imidazole rings is 1. The number of benzene rings is 2. The molecule has 0 fully saturated rings. The summed E-state index contributed by atoms with van der Waals surface area (Å²) >= 11 is 0. The lowest BCUT2D eigenvalue weighted by molar-refractivity contribution is 0.551. The van der Waals surface area contributed by atoms with Gasteiger partial charge in [0, 0.05) is 13.1 Å². The normalized spacial score (nSPS) is 12.7. The third-order valence-corrected chi connectivity index (χ3v) is 4.02. The molecule has 0 amide bonds. The molecule has 3 heteroatoms. The van der Waals surface area contributed by atoms with Crippen molar-refractivity contribution in [3.63, 3.8) is 0 Å². The average Bonchev–Trinajstić information content (AvgIpc) is 2.82. The van der Waals surface area contributed by atoms with E-state index in [-0.39, 0.29) is 0 Å². The molecule has 1 heterocycles. The summed E-state index contributed by atoms with van der Waals surface area (Å²) in [4.78, 5) is 4.69. The molecule has 3 nitrogen and oxygen atoms in total. The molecule has 0 aliphatic carbocycles. The van der Waals surface area contributed by atoms with Crippen LogP contribution >= 0.6 is 0 Å². The van der Waals surface area contributed by atoms with Gasteiger partial charge in [-0.15, -0.1) is 0 Å². The van der Waals surface area contributed by atoms with Crippen molar-refractivity contribution in [1.82, 2.24) is 14.9 Å². The zero-order chi connectivity index (χ0) is 14.8. The number of para-hydroxylation sites is 2. The Labute approximate surface area is 125 Å². The molecule has 1 aromatic heterocycles. The maximum atomic E-state index is 4.69. The Morgan fingerprint density at radius 3 is 2.52 bits per heavy atom. The molecule has 3 rings (SSSR count). The Balaban J connectivity index is 1.74. The number of nitrogens with one attached hydrogen (secondary N) is 1. The molecule has 108 valence electrons. The monoisotopic (exact) mass is 279 g/mol. The molecule has 0 aliphatic rings. The second-order valence-electron chi connectivity index (χ2n) is 5.59. The molecule has 2 aromatic carbocycles. The van der Waals surface area contributed by atoms with Gasteiger partial charge in [0.1, 0.15) is 5.82 Å². The second-order valence-corrected chi connectivity index (χ2v) is 5.59. The number of hydrogen-bond donors (Lipinski definition) is 1. The standard InChI is InChI=1S/C18H21N3/c1-13-8-10-15(11-9-13)14(2)19-12-18-20-16-6-4-5-7-17(16)21(18)3/h4-11,14,19H,12H2,1-3H3/t14-/m0/s1. The van der Waals surface area contributed by atoms with Crippen LogP contribution in [0.4, 0.5) is 0 Å². The van der Waals surface area contributed by atoms with E-state index in [1.807, 2.05) is 6.07 Å². The van der Waals surface area contributed by atoms with Gasteiger partial charge < -0.3 is 9.88 Å². The van der Waals surface area contributed by atoms with Crippen LogP contribution in [0.1, 0.15) is 29.9 Å². The summed E-state index contributed by atoms with van der Waals surface area (Å²) < 4.78 is 2.16. The van der Waals surface area contributed by atoms with Gasteiger partial charge in [0.25, 0.3) is 0 Å². The maximum Gasteiger partial charge on any atom is 0.123 e. The van der Waals surface area contributed by atoms with Gasteiger partial charge in [0.2, 0.25) is 0 Å². The molecule has 0 bridgehead atoms. The third-order valence-electron chi connectivity index (χ3n) is 4.02. The number of rotatable bonds is 4. The van der Waals surface area contributed by atoms with E-state index in [1.165, 1.54) is 16.6 Å². The Hall–Kier alpha value is -2.13. The summed E-state index contributed by atoms with van der Waals surface area (Å²) in [7, 11) is 2.07. The van der Waals surface area contributed by atoms with Crippen LogP contribution in [-0.2, 0) is 13.6 Å². The molecule has 1 atom stereocenters. The smallest absolute Gasteiger partial charge is 0.123 e. The molecule has 0 unspecified atom stereocenters. The van der Waals surface area contributed by atoms with E-state index in [0.717, 1.165) is 17.9 Å². The lowest BCUT2D eigenvalue weighted by atomic mass is 10.1. The van der Waals surface area contributed by atoms with Gasteiger partial charge in [-0.25, -0.2) is 4.98 Å². The van der Waals surface area contributed by atoms with Crippen molar-refractivity contribution in [3.8, 4) is 0 Å². The Bertz CT molecular complexity index is 741. The van der Waals surface area contributed by atoms with E-state index in [9.17, 15) is 0 Å². The predicted octanol–water partition coefficient (Wildman–Crippen LogP) is 3.73. The van der Waals surface area contributed by atoms with Crippen LogP contribution in [0.15, 0.2) is 48.5 Å². The largest absolute Gasteiger partial charge is 0.330 e. The summed E-state index contributed by atoms with van der Waals surface area (Å²) in [5.74, 6) is 1.06. The van der Waals surface area contributed by atoms with Gasteiger partial charge in [-0.3, -0.25) is 0 Å². The first-order chi connectivity index (χ1) is 10.1. The average molecular weight is 279 g/mol. The van der Waals surface area contributed by atoms with Gasteiger partial charge >= 0.3 is 0 Å². The number of aryl methyl sites for hydroxylation is 2. The zero-order valence-corrected chi connectivity index (χ0v) is 12.8. The molecule has 21 heavy (non-hydrogen) atoms. The number of nitrogens with zero attached hydrogens (tertiary/aromatic N) is 2. The summed E-state index contributed by atoms with van der Waals surface area (Å²) in [6, 6.07) is 17.2. The SMILES string of the molecule is Cc1ccc([C@H](C)NCc2nc3ccccc3n2C)cc1. The molecule has 1 N–H and O–H groups in total. The molecule has 3 aromatic rings. The van der Waals surface area contributed by atoms with Crippen LogP contribution in [0.2, 0.25) is 0 Å². The number of hydrogen-bond acceptors (Lipinski definition) is 2. The third kappa shape index (κ3) is 2.83. The Morgan fingerprint density at radius 2 is 1.81 bits per heavy atom. The highest BCUT2D eigenvalue weighted by molar-refractivity contribution is 5.75. The minimum absolute atomic E-state index is 0.311. The van der Waals surface area contributed by atoms with E-state index in [1.54, 1.807) is 0 Å². The van der Waals surface area contributed by atoms with Crippen molar-refractivity contribution in [3.05, 3.63) is 65.5 Å². The van der Waals surface area contributed by atoms with E-state index < -0.39 is 0 Å². The van der Waals surface area contributed by atoms with Crippen molar-refractivity contribution >= 4 is 11.0 Å². The quantitative estimate of drug-likeness (QED) is 0.788. The van der Waals surface area contributed by atoms with Gasteiger partial charge in [-0.2, -0.15) is 0 Å². The van der Waals surface area contributed by atoms with Gasteiger partial charge in [-0.05, 0) is 31.5 Å². The highest BCUT2D eigenvalue weighted by Crippen LogP contribution is 2.16. The van der Waals surface area contributed by atoms with E-state index in [0.29, 0.717) is 6.04 Å². The highest BCUT2D eigenvalue weighted by Gasteiger charge is 2.09. The zero-order valence-electron chi connectivity index (χ0n) is 12.8. The Morgan fingerprint density at radius 1 is 1.10 bits per heavy atom. The summed E-state index contributed by atoms with van der Waals surface area (Å²) in [5, 5.41) is 3.55. The minimum Gasteiger partial charge on any atom is -0.330 e. The highest BCUT2D eigenvalue weighted by atomic mass is 15.1. The topological polar surface area (TPSA) is 29.9 Å². The van der Waals surface area contributed by atoms with Gasteiger partial charge in [-0.1, -0.05) is 42.0 Å². The van der Waals surface area contributed by atoms with Gasteiger partial charge in [0.05, 0.1) is 17.6 Å². The number of aromatic nitrogens is 2. The maximum absolute atomic E-state index is 4.69. The summed E-state index contributed by atoms with van der Waals surface area (Å²) in [5.41, 5.74) is 4.83. The fraction of sp³-hybridized carbons (Fsp3) is 0.278. The summed E-state index contributed by atoms with van der Waals surface area (Å²) in [6.07, 6.45) is 0. The first-order valence-corrected chi connectivity index (χ1v) is 7.35. The van der Waals surface area contributed by atoms with Crippen LogP contribution in [0.3, 0.4) is 0 Å². The van der Waals surface area contributed by atoms with E-state index in [2.05, 4.69) is 73.2 Å². The molecule has 0 spiro atoms. The first-order valence-electron chi connectivity index (χ1n) is 7.35. The van der Waals surface area contributed by atoms with Crippen LogP contribution in [0.5, 0.6) is 0 Å². The first kappa shape index (κ1) is 13.8. The lowest BCUT2D eigenvalue weighted by Gasteiger charge is -2.14. The van der Waals surface area contributed by atoms with Crippen LogP contribution < -0.4 is 5.32 Å². The van der Waals surface area contributed by atoms with Crippen molar-refractivity contribution in [1.29, 1.82) is 0 Å². The Kier molecular flexibility index (Phi) is 3.76. The van der Waals surface area contributed by atoms with Crippen molar-refractivity contribution in [2.45, 2.75) is 26.4 Å². The van der Waals surface area contributed by atoms with Crippen LogP contribution in [-0.4, -0.2) is 9.55 Å². The molecular weight excluding hydrogens is 258 g/mol. The van der Waals surface area contributed by atoms with Crippen LogP contribution in [0.25, 0.3) is 11.0 Å². The van der Waals surface area contributed by atoms with Crippen molar-refractivity contribution in [2.24, 2.45) is 7.05 Å².